The average Bonchev–Trinajstić information content (AvgIpc) is 2.77. The Labute approximate surface area is 198 Å². The summed E-state index contributed by atoms with van der Waals surface area (Å²) in [4.78, 5) is 29.2. The molecule has 4 rings (SSSR count). The molecule has 0 bridgehead atoms. The zero-order chi connectivity index (χ0) is 23.9. The molecule has 1 saturated heterocycles. The summed E-state index contributed by atoms with van der Waals surface area (Å²) in [5.41, 5.74) is 2.30. The molecule has 1 aliphatic heterocycles. The third-order valence-corrected chi connectivity index (χ3v) is 6.74. The molecular weight excluding hydrogens is 441 g/mol. The van der Waals surface area contributed by atoms with Crippen molar-refractivity contribution in [3.05, 3.63) is 51.0 Å². The number of nitrogens with zero attached hydrogens (tertiary/aromatic N) is 5. The van der Waals surface area contributed by atoms with Crippen molar-refractivity contribution < 1.29 is 4.39 Å². The van der Waals surface area contributed by atoms with E-state index in [-0.39, 0.29) is 17.1 Å². The number of rotatable bonds is 5. The van der Waals surface area contributed by atoms with E-state index in [4.69, 9.17) is 11.6 Å². The molecule has 2 atom stereocenters. The molecule has 1 fully saturated rings. The average molecular weight is 472 g/mol. The van der Waals surface area contributed by atoms with E-state index in [1.165, 1.54) is 10.6 Å². The molecule has 0 N–H and O–H groups in total. The van der Waals surface area contributed by atoms with Crippen molar-refractivity contribution in [1.29, 1.82) is 0 Å². The Morgan fingerprint density at radius 2 is 2.00 bits per heavy atom. The molecule has 0 spiro atoms. The highest BCUT2D eigenvalue weighted by Crippen LogP contribution is 2.34. The molecule has 0 aromatic carbocycles. The minimum Gasteiger partial charge on any atom is -0.353 e. The summed E-state index contributed by atoms with van der Waals surface area (Å²) >= 11 is 6.14. The maximum atomic E-state index is 14.7. The van der Waals surface area contributed by atoms with Gasteiger partial charge in [-0.25, -0.2) is 18.7 Å². The van der Waals surface area contributed by atoms with Crippen LogP contribution in [-0.4, -0.2) is 32.1 Å². The van der Waals surface area contributed by atoms with Gasteiger partial charge in [-0.1, -0.05) is 45.7 Å². The second-order valence-corrected chi connectivity index (χ2v) is 9.84. The lowest BCUT2D eigenvalue weighted by atomic mass is 9.95. The van der Waals surface area contributed by atoms with Crippen molar-refractivity contribution in [3.8, 4) is 5.69 Å². The smallest absolute Gasteiger partial charge is 0.353 e. The van der Waals surface area contributed by atoms with Gasteiger partial charge in [-0.2, -0.15) is 4.98 Å². The predicted octanol–water partition coefficient (Wildman–Crippen LogP) is 5.67. The highest BCUT2D eigenvalue weighted by molar-refractivity contribution is 6.30. The molecular formula is C25H31ClFN5O. The number of piperidine rings is 1. The lowest BCUT2D eigenvalue weighted by Crippen LogP contribution is -2.43. The van der Waals surface area contributed by atoms with Crippen molar-refractivity contribution in [1.82, 2.24) is 19.5 Å². The molecule has 1 aliphatic rings. The van der Waals surface area contributed by atoms with E-state index < -0.39 is 11.5 Å². The fourth-order valence-electron chi connectivity index (χ4n) is 4.75. The van der Waals surface area contributed by atoms with Crippen LogP contribution in [0, 0.1) is 11.7 Å². The highest BCUT2D eigenvalue weighted by atomic mass is 35.5. The Balaban J connectivity index is 2.09. The van der Waals surface area contributed by atoms with Crippen LogP contribution in [0.2, 0.25) is 5.15 Å². The van der Waals surface area contributed by atoms with Crippen molar-refractivity contribution in [2.75, 3.05) is 11.4 Å². The van der Waals surface area contributed by atoms with E-state index in [2.05, 4.69) is 40.6 Å². The molecule has 6 nitrogen and oxygen atoms in total. The summed E-state index contributed by atoms with van der Waals surface area (Å²) < 4.78 is 16.2. The minimum atomic E-state index is -0.626. The van der Waals surface area contributed by atoms with Crippen molar-refractivity contribution in [2.45, 2.75) is 72.3 Å². The minimum absolute atomic E-state index is 0.0670. The van der Waals surface area contributed by atoms with E-state index in [1.54, 1.807) is 6.20 Å². The van der Waals surface area contributed by atoms with E-state index in [0.29, 0.717) is 28.5 Å². The monoisotopic (exact) mass is 471 g/mol. The molecule has 0 unspecified atom stereocenters. The molecule has 8 heteroatoms. The maximum Gasteiger partial charge on any atom is 0.355 e. The standard InChI is InChI=1S/C25H31ClFN5O/c1-6-7-17-10-11-28-20(14(2)3)21(17)32-24-18(12-19(27)22(26)29-24)23(30-25(32)33)31-13-15(4)8-9-16(31)5/h10-12,14-16H,6-9,13H2,1-5H3/t15-,16-/m0/s1. The van der Waals surface area contributed by atoms with Gasteiger partial charge in [0.25, 0.3) is 0 Å². The number of hydrogen-bond acceptors (Lipinski definition) is 5. The summed E-state index contributed by atoms with van der Waals surface area (Å²) in [6, 6.07) is 3.47. The van der Waals surface area contributed by atoms with Crippen molar-refractivity contribution >= 4 is 28.5 Å². The van der Waals surface area contributed by atoms with Gasteiger partial charge in [-0.3, -0.25) is 4.98 Å². The first-order valence-corrected chi connectivity index (χ1v) is 12.1. The Morgan fingerprint density at radius 1 is 1.24 bits per heavy atom. The number of fused-ring (bicyclic) bond motifs is 1. The molecule has 0 radical (unpaired) electrons. The van der Waals surface area contributed by atoms with Crippen LogP contribution in [0.5, 0.6) is 0 Å². The molecule has 33 heavy (non-hydrogen) atoms. The van der Waals surface area contributed by atoms with Crippen LogP contribution in [0.3, 0.4) is 0 Å². The largest absolute Gasteiger partial charge is 0.355 e. The Kier molecular flexibility index (Phi) is 6.71. The van der Waals surface area contributed by atoms with Gasteiger partial charge in [0.1, 0.15) is 5.82 Å². The van der Waals surface area contributed by atoms with Crippen LogP contribution in [0.1, 0.15) is 71.1 Å². The SMILES string of the molecule is CCCc1ccnc(C(C)C)c1-n1c(=O)nc(N2C[C@@H](C)CC[C@@H]2C)c2cc(F)c(Cl)nc21. The second kappa shape index (κ2) is 9.37. The first-order valence-electron chi connectivity index (χ1n) is 11.8. The van der Waals surface area contributed by atoms with Crippen LogP contribution in [-0.2, 0) is 6.42 Å². The van der Waals surface area contributed by atoms with E-state index >= 15 is 0 Å². The molecule has 0 aliphatic carbocycles. The maximum absolute atomic E-state index is 14.7. The first-order chi connectivity index (χ1) is 15.7. The topological polar surface area (TPSA) is 63.9 Å². The molecule has 4 heterocycles. The third-order valence-electron chi connectivity index (χ3n) is 6.47. The molecule has 176 valence electrons. The van der Waals surface area contributed by atoms with Crippen molar-refractivity contribution in [3.63, 3.8) is 0 Å². The number of aryl methyl sites for hydroxylation is 1. The lowest BCUT2D eigenvalue weighted by molar-refractivity contribution is 0.388. The second-order valence-electron chi connectivity index (χ2n) is 9.48. The van der Waals surface area contributed by atoms with Crippen LogP contribution in [0.15, 0.2) is 23.1 Å². The van der Waals surface area contributed by atoms with E-state index in [0.717, 1.165) is 43.5 Å². The fraction of sp³-hybridized carbons (Fsp3) is 0.520. The summed E-state index contributed by atoms with van der Waals surface area (Å²) in [7, 11) is 0. The molecule has 3 aromatic rings. The van der Waals surface area contributed by atoms with Crippen molar-refractivity contribution in [2.24, 2.45) is 5.92 Å². The van der Waals surface area contributed by atoms with Gasteiger partial charge in [-0.05, 0) is 55.7 Å². The van der Waals surface area contributed by atoms with Gasteiger partial charge >= 0.3 is 5.69 Å². The third kappa shape index (κ3) is 4.35. The summed E-state index contributed by atoms with van der Waals surface area (Å²) in [5, 5.41) is 0.221. The van der Waals surface area contributed by atoms with Crippen LogP contribution >= 0.6 is 11.6 Å². The summed E-state index contributed by atoms with van der Waals surface area (Å²) in [6.45, 7) is 11.2. The quantitative estimate of drug-likeness (QED) is 0.448. The Hall–Kier alpha value is -2.54. The van der Waals surface area contributed by atoms with Gasteiger partial charge < -0.3 is 4.90 Å². The lowest BCUT2D eigenvalue weighted by Gasteiger charge is -2.38. The molecule has 0 amide bonds. The van der Waals surface area contributed by atoms with Gasteiger partial charge in [0.05, 0.1) is 16.8 Å². The fourth-order valence-corrected chi connectivity index (χ4v) is 4.89. The van der Waals surface area contributed by atoms with Crippen LogP contribution < -0.4 is 10.6 Å². The van der Waals surface area contributed by atoms with Crippen LogP contribution in [0.4, 0.5) is 10.2 Å². The van der Waals surface area contributed by atoms with Gasteiger partial charge in [0.2, 0.25) is 0 Å². The molecule has 3 aromatic heterocycles. The van der Waals surface area contributed by atoms with Crippen LogP contribution in [0.25, 0.3) is 16.7 Å². The van der Waals surface area contributed by atoms with E-state index in [9.17, 15) is 9.18 Å². The first kappa shape index (κ1) is 23.6. The summed E-state index contributed by atoms with van der Waals surface area (Å²) in [5.74, 6) is 0.365. The van der Waals surface area contributed by atoms with Gasteiger partial charge in [0.15, 0.2) is 16.6 Å². The zero-order valence-electron chi connectivity index (χ0n) is 19.9. The number of halogens is 2. The number of hydrogen-bond donors (Lipinski definition) is 0. The Bertz CT molecular complexity index is 1240. The normalized spacial score (nSPS) is 19.0. The zero-order valence-corrected chi connectivity index (χ0v) is 20.7. The number of anilines is 1. The highest BCUT2D eigenvalue weighted by Gasteiger charge is 2.29. The van der Waals surface area contributed by atoms with Gasteiger partial charge in [-0.15, -0.1) is 0 Å². The Morgan fingerprint density at radius 3 is 2.70 bits per heavy atom. The van der Waals surface area contributed by atoms with Gasteiger partial charge in [0, 0.05) is 18.8 Å². The molecule has 0 saturated carbocycles. The van der Waals surface area contributed by atoms with E-state index in [1.807, 2.05) is 19.9 Å². The number of aromatic nitrogens is 4. The predicted molar refractivity (Wildman–Crippen MR) is 131 cm³/mol. The summed E-state index contributed by atoms with van der Waals surface area (Å²) in [6.07, 6.45) is 5.54. The number of pyridine rings is 2.